The molecule has 1 fully saturated rings. The molecule has 0 unspecified atom stereocenters. The van der Waals surface area contributed by atoms with Crippen LogP contribution in [0.3, 0.4) is 0 Å². The van der Waals surface area contributed by atoms with Crippen molar-refractivity contribution in [2.45, 2.75) is 77.7 Å². The molecule has 1 saturated heterocycles. The first-order chi connectivity index (χ1) is 9.63. The van der Waals surface area contributed by atoms with Crippen LogP contribution in [-0.2, 0) is 9.59 Å². The van der Waals surface area contributed by atoms with Crippen molar-refractivity contribution >= 4 is 11.8 Å². The van der Waals surface area contributed by atoms with E-state index in [-0.39, 0.29) is 11.9 Å². The zero-order chi connectivity index (χ0) is 14.8. The van der Waals surface area contributed by atoms with Crippen LogP contribution in [0.1, 0.15) is 71.6 Å². The molecule has 1 heterocycles. The Bertz CT molecular complexity index is 297. The summed E-state index contributed by atoms with van der Waals surface area (Å²) in [4.78, 5) is 25.0. The lowest BCUT2D eigenvalue weighted by atomic mass is 10.0. The van der Waals surface area contributed by atoms with Gasteiger partial charge in [-0.05, 0) is 19.3 Å². The molecule has 20 heavy (non-hydrogen) atoms. The molecule has 0 aliphatic carbocycles. The van der Waals surface area contributed by atoms with Gasteiger partial charge in [-0.2, -0.15) is 0 Å². The van der Waals surface area contributed by atoms with E-state index >= 15 is 0 Å². The lowest BCUT2D eigenvalue weighted by Crippen LogP contribution is -2.46. The van der Waals surface area contributed by atoms with Gasteiger partial charge in [0.05, 0.1) is 0 Å². The lowest BCUT2D eigenvalue weighted by molar-refractivity contribution is -0.132. The second kappa shape index (κ2) is 9.78. The third kappa shape index (κ3) is 6.92. The predicted molar refractivity (Wildman–Crippen MR) is 81.4 cm³/mol. The summed E-state index contributed by atoms with van der Waals surface area (Å²) >= 11 is 0. The van der Waals surface area contributed by atoms with Crippen LogP contribution in [-0.4, -0.2) is 35.8 Å². The molecule has 0 radical (unpaired) electrons. The molecule has 0 atom stereocenters. The molecular formula is C16H30N2O2. The summed E-state index contributed by atoms with van der Waals surface area (Å²) in [7, 11) is 0. The van der Waals surface area contributed by atoms with E-state index in [9.17, 15) is 9.59 Å². The minimum atomic E-state index is 0.0295. The van der Waals surface area contributed by atoms with Gasteiger partial charge in [0, 0.05) is 32.5 Å². The van der Waals surface area contributed by atoms with E-state index < -0.39 is 0 Å². The fourth-order valence-electron chi connectivity index (χ4n) is 2.78. The van der Waals surface area contributed by atoms with E-state index in [0.29, 0.717) is 12.3 Å². The quantitative estimate of drug-likeness (QED) is 0.696. The Hall–Kier alpha value is -1.06. The predicted octanol–water partition coefficient (Wildman–Crippen LogP) is 2.86. The Morgan fingerprint density at radius 3 is 2.25 bits per heavy atom. The number of rotatable bonds is 8. The molecule has 1 aliphatic rings. The zero-order valence-corrected chi connectivity index (χ0v) is 13.1. The Labute approximate surface area is 123 Å². The number of piperidine rings is 1. The Balaban J connectivity index is 2.08. The summed E-state index contributed by atoms with van der Waals surface area (Å²) in [6.07, 6.45) is 9.80. The minimum Gasteiger partial charge on any atom is -0.353 e. The van der Waals surface area contributed by atoms with E-state index in [4.69, 9.17) is 0 Å². The van der Waals surface area contributed by atoms with Gasteiger partial charge in [-0.15, -0.1) is 0 Å². The number of unbranched alkanes of at least 4 members (excludes halogenated alkanes) is 5. The van der Waals surface area contributed by atoms with Gasteiger partial charge in [0.15, 0.2) is 0 Å². The van der Waals surface area contributed by atoms with Crippen LogP contribution >= 0.6 is 0 Å². The number of carbonyl (C=O) groups is 2. The summed E-state index contributed by atoms with van der Waals surface area (Å²) in [6.45, 7) is 5.35. The van der Waals surface area contributed by atoms with Crippen molar-refractivity contribution in [3.05, 3.63) is 0 Å². The highest BCUT2D eigenvalue weighted by molar-refractivity contribution is 5.76. The molecule has 1 N–H and O–H groups in total. The number of amides is 2. The molecule has 0 saturated carbocycles. The van der Waals surface area contributed by atoms with Crippen molar-refractivity contribution in [2.75, 3.05) is 13.1 Å². The van der Waals surface area contributed by atoms with Gasteiger partial charge in [-0.25, -0.2) is 0 Å². The fraction of sp³-hybridized carbons (Fsp3) is 0.875. The summed E-state index contributed by atoms with van der Waals surface area (Å²) < 4.78 is 0. The van der Waals surface area contributed by atoms with Crippen LogP contribution in [0.4, 0.5) is 0 Å². The van der Waals surface area contributed by atoms with Crippen molar-refractivity contribution in [1.29, 1.82) is 0 Å². The van der Waals surface area contributed by atoms with Gasteiger partial charge in [0.1, 0.15) is 0 Å². The van der Waals surface area contributed by atoms with Gasteiger partial charge >= 0.3 is 0 Å². The number of carbonyl (C=O) groups excluding carboxylic acids is 2. The smallest absolute Gasteiger partial charge is 0.222 e. The molecule has 0 aromatic rings. The van der Waals surface area contributed by atoms with Crippen LogP contribution in [0.2, 0.25) is 0 Å². The van der Waals surface area contributed by atoms with E-state index in [1.807, 2.05) is 4.90 Å². The van der Waals surface area contributed by atoms with Crippen LogP contribution in [0.5, 0.6) is 0 Å². The maximum Gasteiger partial charge on any atom is 0.222 e. The van der Waals surface area contributed by atoms with Crippen molar-refractivity contribution in [3.63, 3.8) is 0 Å². The summed E-state index contributed by atoms with van der Waals surface area (Å²) in [5.41, 5.74) is 0. The maximum atomic E-state index is 12.1. The monoisotopic (exact) mass is 282 g/mol. The number of nitrogens with one attached hydrogen (secondary N) is 1. The first kappa shape index (κ1) is 17.0. The topological polar surface area (TPSA) is 49.4 Å². The SMILES string of the molecule is CCCCCCCCC(=O)N1CCC(NC(C)=O)CC1. The van der Waals surface area contributed by atoms with E-state index in [1.165, 1.54) is 32.1 Å². The molecule has 1 aliphatic heterocycles. The molecule has 4 nitrogen and oxygen atoms in total. The minimum absolute atomic E-state index is 0.0295. The summed E-state index contributed by atoms with van der Waals surface area (Å²) in [5, 5.41) is 2.94. The van der Waals surface area contributed by atoms with E-state index in [0.717, 1.165) is 32.4 Å². The third-order valence-corrected chi connectivity index (χ3v) is 4.00. The molecule has 0 aromatic carbocycles. The maximum absolute atomic E-state index is 12.1. The Morgan fingerprint density at radius 2 is 1.65 bits per heavy atom. The standard InChI is InChI=1S/C16H30N2O2/c1-3-4-5-6-7-8-9-16(20)18-12-10-15(11-13-18)17-14(2)19/h15H,3-13H2,1-2H3,(H,17,19). The average Bonchev–Trinajstić information content (AvgIpc) is 2.42. The normalized spacial score (nSPS) is 16.2. The molecular weight excluding hydrogens is 252 g/mol. The first-order valence-electron chi connectivity index (χ1n) is 8.18. The largest absolute Gasteiger partial charge is 0.353 e. The van der Waals surface area contributed by atoms with Crippen LogP contribution in [0.15, 0.2) is 0 Å². The first-order valence-corrected chi connectivity index (χ1v) is 8.18. The van der Waals surface area contributed by atoms with Crippen LogP contribution in [0.25, 0.3) is 0 Å². The molecule has 116 valence electrons. The van der Waals surface area contributed by atoms with Gasteiger partial charge in [0.25, 0.3) is 0 Å². The molecule has 4 heteroatoms. The van der Waals surface area contributed by atoms with E-state index in [2.05, 4.69) is 12.2 Å². The number of hydrogen-bond acceptors (Lipinski definition) is 2. The molecule has 1 rings (SSSR count). The van der Waals surface area contributed by atoms with Crippen molar-refractivity contribution < 1.29 is 9.59 Å². The summed E-state index contributed by atoms with van der Waals surface area (Å²) in [5.74, 6) is 0.323. The molecule has 0 aromatic heterocycles. The Morgan fingerprint density at radius 1 is 1.05 bits per heavy atom. The highest BCUT2D eigenvalue weighted by atomic mass is 16.2. The number of nitrogens with zero attached hydrogens (tertiary/aromatic N) is 1. The number of likely N-dealkylation sites (tertiary alicyclic amines) is 1. The fourth-order valence-corrected chi connectivity index (χ4v) is 2.78. The number of hydrogen-bond donors (Lipinski definition) is 1. The second-order valence-electron chi connectivity index (χ2n) is 5.87. The highest BCUT2D eigenvalue weighted by Crippen LogP contribution is 2.13. The molecule has 0 spiro atoms. The third-order valence-electron chi connectivity index (χ3n) is 4.00. The highest BCUT2D eigenvalue weighted by Gasteiger charge is 2.22. The second-order valence-corrected chi connectivity index (χ2v) is 5.87. The van der Waals surface area contributed by atoms with Crippen molar-refractivity contribution in [1.82, 2.24) is 10.2 Å². The van der Waals surface area contributed by atoms with Crippen LogP contribution in [0, 0.1) is 0 Å². The zero-order valence-electron chi connectivity index (χ0n) is 13.1. The van der Waals surface area contributed by atoms with Crippen molar-refractivity contribution in [3.8, 4) is 0 Å². The van der Waals surface area contributed by atoms with Gasteiger partial charge in [-0.3, -0.25) is 9.59 Å². The average molecular weight is 282 g/mol. The molecule has 0 bridgehead atoms. The lowest BCUT2D eigenvalue weighted by Gasteiger charge is -2.32. The van der Waals surface area contributed by atoms with E-state index in [1.54, 1.807) is 6.92 Å². The van der Waals surface area contributed by atoms with Gasteiger partial charge < -0.3 is 10.2 Å². The summed E-state index contributed by atoms with van der Waals surface area (Å²) in [6, 6.07) is 0.255. The molecule has 2 amide bonds. The van der Waals surface area contributed by atoms with Gasteiger partial charge in [0.2, 0.25) is 11.8 Å². The van der Waals surface area contributed by atoms with Gasteiger partial charge in [-0.1, -0.05) is 39.0 Å². The van der Waals surface area contributed by atoms with Crippen LogP contribution < -0.4 is 5.32 Å². The van der Waals surface area contributed by atoms with Crippen molar-refractivity contribution in [2.24, 2.45) is 0 Å². The Kier molecular flexibility index (Phi) is 8.31.